The number of aromatic nitrogens is 1. The van der Waals surface area contributed by atoms with Crippen LogP contribution in [0.15, 0.2) is 66.7 Å². The van der Waals surface area contributed by atoms with Gasteiger partial charge in [-0.1, -0.05) is 24.3 Å². The van der Waals surface area contributed by atoms with E-state index in [1.54, 1.807) is 18.2 Å². The number of hydrogen-bond acceptors (Lipinski definition) is 4. The van der Waals surface area contributed by atoms with Crippen molar-refractivity contribution >= 4 is 38.2 Å². The molecule has 0 atom stereocenters. The summed E-state index contributed by atoms with van der Waals surface area (Å²) in [5.74, 6) is -0.761. The number of primary amides is 1. The summed E-state index contributed by atoms with van der Waals surface area (Å²) in [6, 6.07) is 15.9. The Balaban J connectivity index is 1.95. The molecule has 1 heterocycles. The number of anilines is 2. The highest BCUT2D eigenvalue weighted by Gasteiger charge is 2.34. The lowest BCUT2D eigenvalue weighted by Crippen LogP contribution is -2.16. The van der Waals surface area contributed by atoms with E-state index in [4.69, 9.17) is 11.5 Å². The summed E-state index contributed by atoms with van der Waals surface area (Å²) >= 11 is 0. The maximum Gasteiger partial charge on any atom is 0.417 e. The molecule has 4 rings (SSSR count). The van der Waals surface area contributed by atoms with Crippen molar-refractivity contribution in [1.82, 2.24) is 4.57 Å². The second kappa shape index (κ2) is 8.10. The first kappa shape index (κ1) is 23.2. The lowest BCUT2D eigenvalue weighted by atomic mass is 9.98. The van der Waals surface area contributed by atoms with Crippen LogP contribution >= 0.6 is 0 Å². The zero-order valence-electron chi connectivity index (χ0n) is 17.7. The van der Waals surface area contributed by atoms with Crippen LogP contribution in [0.5, 0.6) is 0 Å². The second-order valence-corrected chi connectivity index (χ2v) is 9.48. The number of sulfonamides is 1. The Kier molecular flexibility index (Phi) is 5.52. The number of benzene rings is 3. The first-order valence-electron chi connectivity index (χ1n) is 9.84. The quantitative estimate of drug-likeness (QED) is 0.361. The second-order valence-electron chi connectivity index (χ2n) is 7.73. The molecule has 7 nitrogen and oxygen atoms in total. The number of nitrogens with zero attached hydrogens (tertiary/aromatic N) is 1. The van der Waals surface area contributed by atoms with Gasteiger partial charge in [0.1, 0.15) is 5.69 Å². The van der Waals surface area contributed by atoms with Crippen molar-refractivity contribution in [2.75, 3.05) is 16.7 Å². The van der Waals surface area contributed by atoms with E-state index in [1.165, 1.54) is 47.0 Å². The molecule has 0 saturated heterocycles. The molecule has 0 aliphatic carbocycles. The highest BCUT2D eigenvalue weighted by molar-refractivity contribution is 7.92. The van der Waals surface area contributed by atoms with Gasteiger partial charge in [-0.2, -0.15) is 13.2 Å². The third-order valence-electron chi connectivity index (χ3n) is 5.12. The lowest BCUT2D eigenvalue weighted by molar-refractivity contribution is -0.137. The van der Waals surface area contributed by atoms with E-state index in [0.29, 0.717) is 16.6 Å². The Hall–Kier alpha value is -3.99. The molecule has 0 unspecified atom stereocenters. The standard InChI is InChI=1S/C23H19F3N4O3S/c1-34(32,33)29-16-7-5-14-10-21(22(28)31)30(20(14)12-16)17-4-2-3-13(9-17)18-8-6-15(27)11-19(18)23(24,25)26/h2-12,29H,27H2,1H3,(H2,28,31). The maximum atomic E-state index is 13.7. The molecule has 176 valence electrons. The molecule has 4 aromatic rings. The molecule has 0 bridgehead atoms. The van der Waals surface area contributed by atoms with Gasteiger partial charge in [0, 0.05) is 16.8 Å². The maximum absolute atomic E-state index is 13.7. The number of alkyl halides is 3. The number of amides is 1. The molecule has 11 heteroatoms. The fourth-order valence-electron chi connectivity index (χ4n) is 3.80. The van der Waals surface area contributed by atoms with Gasteiger partial charge >= 0.3 is 6.18 Å². The molecule has 0 radical (unpaired) electrons. The number of hydrogen-bond donors (Lipinski definition) is 3. The molecular formula is C23H19F3N4O3S. The number of nitrogens with one attached hydrogen (secondary N) is 1. The van der Waals surface area contributed by atoms with Gasteiger partial charge in [-0.05, 0) is 53.6 Å². The molecule has 0 aliphatic rings. The Morgan fingerprint density at radius 1 is 1.00 bits per heavy atom. The van der Waals surface area contributed by atoms with Crippen molar-refractivity contribution in [1.29, 1.82) is 0 Å². The minimum atomic E-state index is -4.63. The smallest absolute Gasteiger partial charge is 0.399 e. The molecule has 0 aliphatic heterocycles. The van der Waals surface area contributed by atoms with Crippen LogP contribution in [0.4, 0.5) is 24.5 Å². The van der Waals surface area contributed by atoms with Gasteiger partial charge in [-0.3, -0.25) is 9.52 Å². The number of halogens is 3. The van der Waals surface area contributed by atoms with Crippen molar-refractivity contribution in [2.45, 2.75) is 6.18 Å². The zero-order chi connectivity index (χ0) is 24.8. The van der Waals surface area contributed by atoms with E-state index in [1.807, 2.05) is 0 Å². The molecule has 1 aromatic heterocycles. The number of rotatable bonds is 5. The highest BCUT2D eigenvalue weighted by atomic mass is 32.2. The third-order valence-corrected chi connectivity index (χ3v) is 5.73. The molecule has 0 fully saturated rings. The minimum absolute atomic E-state index is 0.0226. The average molecular weight is 488 g/mol. The first-order valence-corrected chi connectivity index (χ1v) is 11.7. The van der Waals surface area contributed by atoms with Crippen LogP contribution in [0.1, 0.15) is 16.1 Å². The molecule has 3 aromatic carbocycles. The SMILES string of the molecule is CS(=O)(=O)Nc1ccc2cc(C(N)=O)n(-c3cccc(-c4ccc(N)cc4C(F)(F)F)c3)c2c1. The van der Waals surface area contributed by atoms with Gasteiger partial charge in [0.2, 0.25) is 10.0 Å². The van der Waals surface area contributed by atoms with Crippen LogP contribution in [0, 0.1) is 0 Å². The van der Waals surface area contributed by atoms with Crippen LogP contribution < -0.4 is 16.2 Å². The van der Waals surface area contributed by atoms with E-state index in [9.17, 15) is 26.4 Å². The molecule has 1 amide bonds. The molecule has 0 saturated carbocycles. The van der Waals surface area contributed by atoms with Crippen LogP contribution in [-0.4, -0.2) is 25.1 Å². The number of carbonyl (C=O) groups excluding carboxylic acids is 1. The Bertz CT molecular complexity index is 1540. The van der Waals surface area contributed by atoms with E-state index >= 15 is 0 Å². The predicted molar refractivity (Wildman–Crippen MR) is 125 cm³/mol. The van der Waals surface area contributed by atoms with Gasteiger partial charge < -0.3 is 16.0 Å². The topological polar surface area (TPSA) is 120 Å². The van der Waals surface area contributed by atoms with Gasteiger partial charge in [-0.25, -0.2) is 8.42 Å². The molecular weight excluding hydrogens is 469 g/mol. The largest absolute Gasteiger partial charge is 0.417 e. The Morgan fingerprint density at radius 3 is 2.38 bits per heavy atom. The summed E-state index contributed by atoms with van der Waals surface area (Å²) in [5.41, 5.74) is 11.5. The van der Waals surface area contributed by atoms with Crippen LogP contribution in [-0.2, 0) is 16.2 Å². The van der Waals surface area contributed by atoms with Crippen LogP contribution in [0.3, 0.4) is 0 Å². The minimum Gasteiger partial charge on any atom is -0.399 e. The van der Waals surface area contributed by atoms with Gasteiger partial charge in [-0.15, -0.1) is 0 Å². The summed E-state index contributed by atoms with van der Waals surface area (Å²) in [5, 5.41) is 0.585. The van der Waals surface area contributed by atoms with E-state index in [2.05, 4.69) is 4.72 Å². The van der Waals surface area contributed by atoms with Crippen LogP contribution in [0.2, 0.25) is 0 Å². The number of nitrogen functional groups attached to an aromatic ring is 1. The van der Waals surface area contributed by atoms with Gasteiger partial charge in [0.05, 0.1) is 23.0 Å². The summed E-state index contributed by atoms with van der Waals surface area (Å²) in [7, 11) is -3.57. The summed E-state index contributed by atoms with van der Waals surface area (Å²) in [4.78, 5) is 12.2. The van der Waals surface area contributed by atoms with Crippen molar-refractivity contribution in [3.8, 4) is 16.8 Å². The fourth-order valence-corrected chi connectivity index (χ4v) is 4.35. The van der Waals surface area contributed by atoms with Gasteiger partial charge in [0.25, 0.3) is 5.91 Å². The van der Waals surface area contributed by atoms with Gasteiger partial charge in [0.15, 0.2) is 0 Å². The summed E-state index contributed by atoms with van der Waals surface area (Å²) < 4.78 is 68.1. The van der Waals surface area contributed by atoms with E-state index in [-0.39, 0.29) is 28.2 Å². The molecule has 5 N–H and O–H groups in total. The highest BCUT2D eigenvalue weighted by Crippen LogP contribution is 2.39. The third kappa shape index (κ3) is 4.55. The van der Waals surface area contributed by atoms with Crippen molar-refractivity contribution in [2.24, 2.45) is 5.73 Å². The fraction of sp³-hybridized carbons (Fsp3) is 0.0870. The summed E-state index contributed by atoms with van der Waals surface area (Å²) in [6.45, 7) is 0. The van der Waals surface area contributed by atoms with Crippen molar-refractivity contribution < 1.29 is 26.4 Å². The average Bonchev–Trinajstić information content (AvgIpc) is 3.11. The number of carbonyl (C=O) groups is 1. The predicted octanol–water partition coefficient (Wildman–Crippen LogP) is 4.37. The normalized spacial score (nSPS) is 12.1. The van der Waals surface area contributed by atoms with E-state index in [0.717, 1.165) is 12.3 Å². The first-order chi connectivity index (χ1) is 15.8. The van der Waals surface area contributed by atoms with E-state index < -0.39 is 27.7 Å². The van der Waals surface area contributed by atoms with Crippen molar-refractivity contribution in [3.63, 3.8) is 0 Å². The Morgan fingerprint density at radius 2 is 1.74 bits per heavy atom. The van der Waals surface area contributed by atoms with Crippen LogP contribution in [0.25, 0.3) is 27.7 Å². The molecule has 34 heavy (non-hydrogen) atoms. The Labute approximate surface area is 192 Å². The zero-order valence-corrected chi connectivity index (χ0v) is 18.5. The lowest BCUT2D eigenvalue weighted by Gasteiger charge is -2.16. The van der Waals surface area contributed by atoms with Crippen molar-refractivity contribution in [3.05, 3.63) is 78.0 Å². The number of nitrogens with two attached hydrogens (primary N) is 2. The summed E-state index contributed by atoms with van der Waals surface area (Å²) in [6.07, 6.45) is -3.63. The molecule has 0 spiro atoms. The monoisotopic (exact) mass is 488 g/mol. The number of fused-ring (bicyclic) bond motifs is 1.